The van der Waals surface area contributed by atoms with Crippen molar-refractivity contribution >= 4 is 7.85 Å². The standard InChI is InChI=1S/C10H21BO4/c1-6(2)10(5-12)8(14-4)7(13-3)9(11)15-10/h6-9,12H,5,11H2,1-4H3/t7-,8+,9-,10+/m1/s1. The second kappa shape index (κ2) is 4.83. The Bertz CT molecular complexity index is 212. The van der Waals surface area contributed by atoms with Gasteiger partial charge in [-0.2, -0.15) is 0 Å². The van der Waals surface area contributed by atoms with Crippen LogP contribution in [0.15, 0.2) is 0 Å². The molecule has 0 spiro atoms. The van der Waals surface area contributed by atoms with E-state index in [1.807, 2.05) is 21.7 Å². The monoisotopic (exact) mass is 216 g/mol. The molecule has 15 heavy (non-hydrogen) atoms. The smallest absolute Gasteiger partial charge is 0.142 e. The molecule has 0 bridgehead atoms. The lowest BCUT2D eigenvalue weighted by molar-refractivity contribution is -0.139. The Labute approximate surface area is 92.3 Å². The highest BCUT2D eigenvalue weighted by Crippen LogP contribution is 2.38. The van der Waals surface area contributed by atoms with Gasteiger partial charge in [0, 0.05) is 14.2 Å². The summed E-state index contributed by atoms with van der Waals surface area (Å²) in [5.74, 6) is 0.176. The predicted molar refractivity (Wildman–Crippen MR) is 59.7 cm³/mol. The maximum absolute atomic E-state index is 9.56. The van der Waals surface area contributed by atoms with Gasteiger partial charge >= 0.3 is 0 Å². The Morgan fingerprint density at radius 1 is 1.40 bits per heavy atom. The van der Waals surface area contributed by atoms with Gasteiger partial charge in [-0.05, 0) is 5.92 Å². The van der Waals surface area contributed by atoms with Crippen LogP contribution < -0.4 is 0 Å². The van der Waals surface area contributed by atoms with Gasteiger partial charge in [0.15, 0.2) is 0 Å². The fourth-order valence-corrected chi connectivity index (χ4v) is 2.43. The number of methoxy groups -OCH3 is 2. The van der Waals surface area contributed by atoms with E-state index < -0.39 is 5.60 Å². The first-order chi connectivity index (χ1) is 7.03. The Morgan fingerprint density at radius 3 is 2.33 bits per heavy atom. The summed E-state index contributed by atoms with van der Waals surface area (Å²) >= 11 is 0. The van der Waals surface area contributed by atoms with Crippen molar-refractivity contribution in [2.75, 3.05) is 20.8 Å². The minimum absolute atomic E-state index is 0.0482. The zero-order valence-corrected chi connectivity index (χ0v) is 10.2. The molecule has 5 heteroatoms. The molecular formula is C10H21BO4. The van der Waals surface area contributed by atoms with Gasteiger partial charge in [-0.25, -0.2) is 0 Å². The molecule has 0 amide bonds. The number of rotatable bonds is 4. The van der Waals surface area contributed by atoms with Crippen LogP contribution >= 0.6 is 0 Å². The van der Waals surface area contributed by atoms with Gasteiger partial charge in [0.05, 0.1) is 12.6 Å². The molecule has 0 radical (unpaired) electrons. The van der Waals surface area contributed by atoms with Crippen LogP contribution in [0.2, 0.25) is 0 Å². The van der Waals surface area contributed by atoms with E-state index >= 15 is 0 Å². The molecule has 4 atom stereocenters. The van der Waals surface area contributed by atoms with E-state index in [0.717, 1.165) is 0 Å². The van der Waals surface area contributed by atoms with E-state index in [1.165, 1.54) is 0 Å². The minimum atomic E-state index is -0.644. The lowest BCUT2D eigenvalue weighted by atomic mass is 9.83. The third kappa shape index (κ3) is 1.94. The van der Waals surface area contributed by atoms with Crippen molar-refractivity contribution < 1.29 is 19.3 Å². The summed E-state index contributed by atoms with van der Waals surface area (Å²) in [6.45, 7) is 3.99. The third-order valence-corrected chi connectivity index (χ3v) is 3.40. The molecule has 88 valence electrons. The Morgan fingerprint density at radius 2 is 2.00 bits per heavy atom. The summed E-state index contributed by atoms with van der Waals surface area (Å²) in [6.07, 6.45) is -0.341. The van der Waals surface area contributed by atoms with Crippen molar-refractivity contribution in [3.63, 3.8) is 0 Å². The molecule has 0 aliphatic carbocycles. The van der Waals surface area contributed by atoms with Crippen LogP contribution in [0.1, 0.15) is 13.8 Å². The first kappa shape index (κ1) is 13.0. The minimum Gasteiger partial charge on any atom is -0.393 e. The van der Waals surface area contributed by atoms with Gasteiger partial charge in [0.25, 0.3) is 0 Å². The molecule has 0 saturated carbocycles. The van der Waals surface area contributed by atoms with E-state index in [2.05, 4.69) is 0 Å². The fraction of sp³-hybridized carbons (Fsp3) is 1.00. The van der Waals surface area contributed by atoms with E-state index in [1.54, 1.807) is 14.2 Å². The molecule has 4 nitrogen and oxygen atoms in total. The van der Waals surface area contributed by atoms with Crippen LogP contribution in [-0.4, -0.2) is 57.6 Å². The Balaban J connectivity index is 2.98. The fourth-order valence-electron chi connectivity index (χ4n) is 2.43. The van der Waals surface area contributed by atoms with Crippen molar-refractivity contribution in [2.24, 2.45) is 5.92 Å². The van der Waals surface area contributed by atoms with Gasteiger partial charge in [0.1, 0.15) is 25.7 Å². The first-order valence-electron chi connectivity index (χ1n) is 5.37. The number of ether oxygens (including phenoxy) is 3. The highest BCUT2D eigenvalue weighted by atomic mass is 16.6. The molecule has 1 rings (SSSR count). The van der Waals surface area contributed by atoms with Crippen LogP contribution in [-0.2, 0) is 14.2 Å². The summed E-state index contributed by atoms with van der Waals surface area (Å²) in [7, 11) is 5.22. The molecule has 1 aliphatic rings. The van der Waals surface area contributed by atoms with Gasteiger partial charge in [-0.3, -0.25) is 0 Å². The Kier molecular flexibility index (Phi) is 4.17. The average Bonchev–Trinajstić information content (AvgIpc) is 2.50. The largest absolute Gasteiger partial charge is 0.393 e. The topological polar surface area (TPSA) is 47.9 Å². The second-order valence-corrected chi connectivity index (χ2v) is 4.45. The summed E-state index contributed by atoms with van der Waals surface area (Å²) in [6, 6.07) is -0.0606. The van der Waals surface area contributed by atoms with Gasteiger partial charge in [0.2, 0.25) is 0 Å². The highest BCUT2D eigenvalue weighted by molar-refractivity contribution is 6.11. The maximum atomic E-state index is 9.56. The van der Waals surface area contributed by atoms with E-state index in [-0.39, 0.29) is 30.7 Å². The molecule has 0 aromatic carbocycles. The number of hydrogen-bond acceptors (Lipinski definition) is 4. The van der Waals surface area contributed by atoms with Crippen LogP contribution in [0.25, 0.3) is 0 Å². The maximum Gasteiger partial charge on any atom is 0.142 e. The summed E-state index contributed by atoms with van der Waals surface area (Å²) in [5, 5.41) is 9.56. The predicted octanol–water partition coefficient (Wildman–Crippen LogP) is -0.607. The normalized spacial score (nSPS) is 41.3. The quantitative estimate of drug-likeness (QED) is 0.637. The van der Waals surface area contributed by atoms with Gasteiger partial charge in [-0.15, -0.1) is 0 Å². The van der Waals surface area contributed by atoms with Crippen LogP contribution in [0.5, 0.6) is 0 Å². The number of aliphatic hydroxyl groups excluding tert-OH is 1. The molecule has 1 saturated heterocycles. The highest BCUT2D eigenvalue weighted by Gasteiger charge is 2.55. The summed E-state index contributed by atoms with van der Waals surface area (Å²) < 4.78 is 16.7. The van der Waals surface area contributed by atoms with Crippen LogP contribution in [0.4, 0.5) is 0 Å². The van der Waals surface area contributed by atoms with E-state index in [4.69, 9.17) is 14.2 Å². The average molecular weight is 216 g/mol. The van der Waals surface area contributed by atoms with Crippen LogP contribution in [0.3, 0.4) is 0 Å². The number of hydrogen-bond donors (Lipinski definition) is 1. The molecule has 1 heterocycles. The zero-order valence-electron chi connectivity index (χ0n) is 10.2. The van der Waals surface area contributed by atoms with Crippen molar-refractivity contribution in [3.8, 4) is 0 Å². The Hall–Kier alpha value is -0.0951. The molecule has 1 fully saturated rings. The SMILES string of the molecule is B[C@@H]1O[C@@](CO)(C(C)C)[C@@H](OC)[C@H]1OC. The third-order valence-electron chi connectivity index (χ3n) is 3.40. The zero-order chi connectivity index (χ0) is 11.6. The van der Waals surface area contributed by atoms with Crippen molar-refractivity contribution in [1.82, 2.24) is 0 Å². The van der Waals surface area contributed by atoms with Crippen molar-refractivity contribution in [1.29, 1.82) is 0 Å². The lowest BCUT2D eigenvalue weighted by Crippen LogP contribution is -2.51. The summed E-state index contributed by atoms with van der Waals surface area (Å²) in [5.41, 5.74) is -0.644. The molecular weight excluding hydrogens is 195 g/mol. The second-order valence-electron chi connectivity index (χ2n) is 4.45. The molecule has 0 aromatic rings. The van der Waals surface area contributed by atoms with Gasteiger partial charge < -0.3 is 19.3 Å². The molecule has 0 aromatic heterocycles. The van der Waals surface area contributed by atoms with Crippen LogP contribution in [0, 0.1) is 5.92 Å². The molecule has 1 N–H and O–H groups in total. The number of aliphatic hydroxyl groups is 1. The van der Waals surface area contributed by atoms with Crippen molar-refractivity contribution in [2.45, 2.75) is 37.7 Å². The molecule has 0 unspecified atom stereocenters. The first-order valence-corrected chi connectivity index (χ1v) is 5.37. The van der Waals surface area contributed by atoms with E-state index in [0.29, 0.717) is 0 Å². The summed E-state index contributed by atoms with van der Waals surface area (Å²) in [4.78, 5) is 0. The lowest BCUT2D eigenvalue weighted by Gasteiger charge is -2.36. The molecule has 1 aliphatic heterocycles. The van der Waals surface area contributed by atoms with Crippen molar-refractivity contribution in [3.05, 3.63) is 0 Å². The van der Waals surface area contributed by atoms with E-state index in [9.17, 15) is 5.11 Å². The van der Waals surface area contributed by atoms with Gasteiger partial charge in [-0.1, -0.05) is 13.8 Å².